The summed E-state index contributed by atoms with van der Waals surface area (Å²) >= 11 is 31.3. The number of carbonyl (C=O) groups is 3. The fraction of sp³-hybridized carbons (Fsp3) is 0.214. The summed E-state index contributed by atoms with van der Waals surface area (Å²) in [5, 5.41) is 18.3. The standard InChI is InChI=1S/C28H19Cl5N4O3/c29-15-9-14(10-16(30)11-15)22-23(28(22,32)33)25(39)36-19-5-6-21(31)20(12-19)24(38)35-17-1-3-18(4-2-17)37-26(40)27(13-34)7-8-27/h1-6,9-12,22-23H,7-8H2,(H,35,38)(H,36,39)(H,37,40)/t22-,23+/m0/s1. The van der Waals surface area contributed by atoms with Crippen LogP contribution in [0.5, 0.6) is 0 Å². The molecule has 0 spiro atoms. The molecule has 0 unspecified atom stereocenters. The summed E-state index contributed by atoms with van der Waals surface area (Å²) in [6.07, 6.45) is 1.08. The Bertz CT molecular complexity index is 1560. The molecule has 40 heavy (non-hydrogen) atoms. The number of anilines is 3. The van der Waals surface area contributed by atoms with Gasteiger partial charge in [0.2, 0.25) is 11.8 Å². The maximum atomic E-state index is 13.1. The number of alkyl halides is 2. The van der Waals surface area contributed by atoms with E-state index < -0.39 is 33.4 Å². The molecule has 5 rings (SSSR count). The number of rotatable bonds is 7. The Morgan fingerprint density at radius 3 is 1.95 bits per heavy atom. The lowest BCUT2D eigenvalue weighted by Crippen LogP contribution is -2.22. The zero-order chi connectivity index (χ0) is 28.8. The summed E-state index contributed by atoms with van der Waals surface area (Å²) in [5.41, 5.74) is 1.09. The summed E-state index contributed by atoms with van der Waals surface area (Å²) < 4.78 is -1.36. The highest BCUT2D eigenvalue weighted by molar-refractivity contribution is 6.53. The van der Waals surface area contributed by atoms with Crippen LogP contribution in [0.15, 0.2) is 60.7 Å². The van der Waals surface area contributed by atoms with Crippen molar-refractivity contribution in [3.63, 3.8) is 0 Å². The van der Waals surface area contributed by atoms with E-state index in [0.717, 1.165) is 0 Å². The van der Waals surface area contributed by atoms with Crippen LogP contribution in [0.2, 0.25) is 15.1 Å². The third-order valence-corrected chi connectivity index (χ3v) is 8.56. The van der Waals surface area contributed by atoms with E-state index in [0.29, 0.717) is 45.5 Å². The third kappa shape index (κ3) is 5.74. The van der Waals surface area contributed by atoms with Crippen molar-refractivity contribution in [2.24, 2.45) is 11.3 Å². The summed E-state index contributed by atoms with van der Waals surface area (Å²) in [7, 11) is 0. The molecule has 0 saturated heterocycles. The van der Waals surface area contributed by atoms with E-state index in [4.69, 9.17) is 63.3 Å². The van der Waals surface area contributed by atoms with Gasteiger partial charge in [-0.05, 0) is 79.1 Å². The number of benzene rings is 3. The van der Waals surface area contributed by atoms with E-state index in [9.17, 15) is 14.4 Å². The highest BCUT2D eigenvalue weighted by Crippen LogP contribution is 2.65. The Labute approximate surface area is 254 Å². The normalized spacial score (nSPS) is 19.6. The smallest absolute Gasteiger partial charge is 0.257 e. The minimum Gasteiger partial charge on any atom is -0.326 e. The van der Waals surface area contributed by atoms with Crippen molar-refractivity contribution in [1.29, 1.82) is 5.26 Å². The second kappa shape index (κ2) is 10.8. The minimum absolute atomic E-state index is 0.124. The predicted molar refractivity (Wildman–Crippen MR) is 158 cm³/mol. The number of nitrogens with one attached hydrogen (secondary N) is 3. The van der Waals surface area contributed by atoms with Crippen LogP contribution in [0, 0.1) is 22.7 Å². The van der Waals surface area contributed by atoms with Gasteiger partial charge in [-0.3, -0.25) is 14.4 Å². The van der Waals surface area contributed by atoms with Crippen LogP contribution in [-0.4, -0.2) is 22.1 Å². The van der Waals surface area contributed by atoms with Gasteiger partial charge in [-0.1, -0.05) is 34.8 Å². The van der Waals surface area contributed by atoms with Crippen LogP contribution < -0.4 is 16.0 Å². The summed E-state index contributed by atoms with van der Waals surface area (Å²) in [6.45, 7) is 0. The first-order valence-electron chi connectivity index (χ1n) is 12.0. The SMILES string of the molecule is N#CC1(C(=O)Nc2ccc(NC(=O)c3cc(NC(=O)[C@H]4[C@H](c5cc(Cl)cc(Cl)c5)C4(Cl)Cl)ccc3Cl)cc2)CC1. The number of carbonyl (C=O) groups excluding carboxylic acids is 3. The predicted octanol–water partition coefficient (Wildman–Crippen LogP) is 7.67. The molecule has 0 heterocycles. The Hall–Kier alpha value is -2.99. The molecular formula is C28H19Cl5N4O3. The molecule has 2 atom stereocenters. The lowest BCUT2D eigenvalue weighted by molar-refractivity contribution is -0.119. The van der Waals surface area contributed by atoms with Crippen LogP contribution in [0.1, 0.15) is 34.7 Å². The van der Waals surface area contributed by atoms with Crippen molar-refractivity contribution in [1.82, 2.24) is 0 Å². The average molecular weight is 637 g/mol. The zero-order valence-electron chi connectivity index (χ0n) is 20.4. The first-order valence-corrected chi connectivity index (χ1v) is 13.9. The number of nitrogens with zero attached hydrogens (tertiary/aromatic N) is 1. The molecule has 0 bridgehead atoms. The molecule has 0 aromatic heterocycles. The molecule has 0 radical (unpaired) electrons. The van der Waals surface area contributed by atoms with E-state index in [1.807, 2.05) is 6.07 Å². The fourth-order valence-corrected chi connectivity index (χ4v) is 5.99. The molecule has 0 aliphatic heterocycles. The fourth-order valence-electron chi connectivity index (χ4n) is 4.42. The molecule has 7 nitrogen and oxygen atoms in total. The number of hydrogen-bond acceptors (Lipinski definition) is 4. The molecule has 3 aromatic carbocycles. The number of amides is 3. The van der Waals surface area contributed by atoms with Gasteiger partial charge in [-0.25, -0.2) is 0 Å². The molecule has 3 amide bonds. The molecule has 2 saturated carbocycles. The van der Waals surface area contributed by atoms with Crippen molar-refractivity contribution in [2.45, 2.75) is 23.1 Å². The van der Waals surface area contributed by atoms with Gasteiger partial charge in [0.1, 0.15) is 9.75 Å². The molecule has 2 fully saturated rings. The summed E-state index contributed by atoms with van der Waals surface area (Å²) in [5.74, 6) is -2.60. The van der Waals surface area contributed by atoms with Gasteiger partial charge in [0.15, 0.2) is 0 Å². The molecule has 12 heteroatoms. The van der Waals surface area contributed by atoms with Crippen LogP contribution in [-0.2, 0) is 9.59 Å². The van der Waals surface area contributed by atoms with Gasteiger partial charge in [-0.2, -0.15) is 5.26 Å². The van der Waals surface area contributed by atoms with Crippen molar-refractivity contribution in [3.05, 3.63) is 86.9 Å². The molecule has 3 N–H and O–H groups in total. The van der Waals surface area contributed by atoms with Gasteiger partial charge < -0.3 is 16.0 Å². The van der Waals surface area contributed by atoms with Gasteiger partial charge in [0.05, 0.1) is 22.6 Å². The van der Waals surface area contributed by atoms with Gasteiger partial charge in [0.25, 0.3) is 5.91 Å². The van der Waals surface area contributed by atoms with Crippen LogP contribution in [0.25, 0.3) is 0 Å². The van der Waals surface area contributed by atoms with Crippen molar-refractivity contribution in [2.75, 3.05) is 16.0 Å². The van der Waals surface area contributed by atoms with Gasteiger partial charge >= 0.3 is 0 Å². The maximum absolute atomic E-state index is 13.1. The van der Waals surface area contributed by atoms with Crippen molar-refractivity contribution >= 4 is 92.8 Å². The van der Waals surface area contributed by atoms with Crippen molar-refractivity contribution in [3.8, 4) is 6.07 Å². The van der Waals surface area contributed by atoms with E-state index >= 15 is 0 Å². The molecule has 204 valence electrons. The third-order valence-electron chi connectivity index (χ3n) is 6.86. The average Bonchev–Trinajstić information content (AvgIpc) is 3.80. The Morgan fingerprint density at radius 1 is 0.800 bits per heavy atom. The number of nitriles is 1. The van der Waals surface area contributed by atoms with Crippen molar-refractivity contribution < 1.29 is 14.4 Å². The Balaban J connectivity index is 1.24. The van der Waals surface area contributed by atoms with E-state index in [2.05, 4.69) is 16.0 Å². The number of hydrogen-bond donors (Lipinski definition) is 3. The Kier molecular flexibility index (Phi) is 7.68. The number of halogens is 5. The molecule has 2 aliphatic rings. The maximum Gasteiger partial charge on any atom is 0.257 e. The molecular weight excluding hydrogens is 618 g/mol. The molecule has 3 aromatic rings. The Morgan fingerprint density at radius 2 is 1.38 bits per heavy atom. The summed E-state index contributed by atoms with van der Waals surface area (Å²) in [6, 6.07) is 17.9. The largest absolute Gasteiger partial charge is 0.326 e. The van der Waals surface area contributed by atoms with E-state index in [1.165, 1.54) is 12.1 Å². The second-order valence-corrected chi connectivity index (χ2v) is 12.4. The second-order valence-electron chi connectivity index (χ2n) is 9.70. The minimum atomic E-state index is -1.36. The van der Waals surface area contributed by atoms with Crippen LogP contribution >= 0.6 is 58.0 Å². The first kappa shape index (κ1) is 28.5. The highest BCUT2D eigenvalue weighted by atomic mass is 35.5. The van der Waals surface area contributed by atoms with Gasteiger partial charge in [-0.15, -0.1) is 23.2 Å². The highest BCUT2D eigenvalue weighted by Gasteiger charge is 2.67. The van der Waals surface area contributed by atoms with E-state index in [-0.39, 0.29) is 16.5 Å². The lowest BCUT2D eigenvalue weighted by Gasteiger charge is -2.11. The quantitative estimate of drug-likeness (QED) is 0.231. The van der Waals surface area contributed by atoms with Crippen LogP contribution in [0.3, 0.4) is 0 Å². The zero-order valence-corrected chi connectivity index (χ0v) is 24.2. The first-order chi connectivity index (χ1) is 18.9. The topological polar surface area (TPSA) is 111 Å². The van der Waals surface area contributed by atoms with E-state index in [1.54, 1.807) is 48.5 Å². The van der Waals surface area contributed by atoms with Gasteiger partial charge in [0, 0.05) is 33.0 Å². The monoisotopic (exact) mass is 634 g/mol. The van der Waals surface area contributed by atoms with Crippen LogP contribution in [0.4, 0.5) is 17.1 Å². The summed E-state index contributed by atoms with van der Waals surface area (Å²) in [4.78, 5) is 38.3. The lowest BCUT2D eigenvalue weighted by atomic mass is 10.1. The molecule has 2 aliphatic carbocycles.